The second kappa shape index (κ2) is 7.86. The summed E-state index contributed by atoms with van der Waals surface area (Å²) in [6.45, 7) is 8.14. The Morgan fingerprint density at radius 3 is 2.70 bits per heavy atom. The fourth-order valence-corrected chi connectivity index (χ4v) is 5.47. The van der Waals surface area contributed by atoms with E-state index in [1.165, 1.54) is 21.9 Å². The lowest BCUT2D eigenvalue weighted by Gasteiger charge is -2.38. The zero-order valence-corrected chi connectivity index (χ0v) is 17.6. The van der Waals surface area contributed by atoms with Gasteiger partial charge in [-0.25, -0.2) is 13.4 Å². The topological polar surface area (TPSA) is 94.6 Å². The average Bonchev–Trinajstić information content (AvgIpc) is 2.98. The summed E-state index contributed by atoms with van der Waals surface area (Å²) in [5.74, 6) is -0.245. The Morgan fingerprint density at radius 1 is 1.30 bits per heavy atom. The van der Waals surface area contributed by atoms with Crippen molar-refractivity contribution < 1.29 is 13.2 Å². The number of fused-ring (bicyclic) bond motifs is 1. The first-order valence-corrected chi connectivity index (χ1v) is 11.6. The Hall–Kier alpha value is -1.49. The van der Waals surface area contributed by atoms with Crippen molar-refractivity contribution in [3.05, 3.63) is 27.9 Å². The van der Waals surface area contributed by atoms with Crippen LogP contribution in [-0.2, 0) is 23.0 Å². The van der Waals surface area contributed by atoms with E-state index >= 15 is 0 Å². The maximum absolute atomic E-state index is 12.8. The molecule has 3 rings (SSSR count). The average molecular weight is 414 g/mol. The lowest BCUT2D eigenvalue weighted by Crippen LogP contribution is -2.60. The molecule has 1 fully saturated rings. The van der Waals surface area contributed by atoms with Crippen LogP contribution in [0.15, 0.2) is 12.3 Å². The van der Waals surface area contributed by atoms with Crippen LogP contribution in [0.5, 0.6) is 0 Å². The first-order valence-electron chi connectivity index (χ1n) is 8.98. The minimum atomic E-state index is -3.31. The molecule has 0 saturated carbocycles. The second-order valence-electron chi connectivity index (χ2n) is 7.40. The molecule has 2 aliphatic heterocycles. The molecule has 2 atom stereocenters. The second-order valence-corrected chi connectivity index (χ2v) is 10.5. The maximum atomic E-state index is 12.8. The van der Waals surface area contributed by atoms with Gasteiger partial charge in [-0.1, -0.05) is 6.58 Å². The molecule has 10 heteroatoms. The van der Waals surface area contributed by atoms with E-state index in [0.717, 1.165) is 35.8 Å². The first-order chi connectivity index (χ1) is 12.6. The predicted molar refractivity (Wildman–Crippen MR) is 106 cm³/mol. The Labute approximate surface area is 164 Å². The van der Waals surface area contributed by atoms with E-state index in [2.05, 4.69) is 34.1 Å². The monoisotopic (exact) mass is 413 g/mol. The molecule has 1 aromatic rings. The van der Waals surface area contributed by atoms with E-state index in [1.54, 1.807) is 0 Å². The van der Waals surface area contributed by atoms with Gasteiger partial charge in [0.25, 0.3) is 5.91 Å². The number of carbonyl (C=O) groups excluding carboxylic acids is 1. The molecular formula is C17H27N5O3S2. The fraction of sp³-hybridized carbons (Fsp3) is 0.647. The summed E-state index contributed by atoms with van der Waals surface area (Å²) < 4.78 is 25.3. The van der Waals surface area contributed by atoms with Crippen LogP contribution < -0.4 is 10.6 Å². The van der Waals surface area contributed by atoms with Gasteiger partial charge in [-0.05, 0) is 20.4 Å². The highest BCUT2D eigenvalue weighted by Gasteiger charge is 2.34. The van der Waals surface area contributed by atoms with Crippen LogP contribution in [0, 0.1) is 0 Å². The van der Waals surface area contributed by atoms with Crippen LogP contribution in [0.3, 0.4) is 0 Å². The maximum Gasteiger partial charge on any atom is 0.280 e. The lowest BCUT2D eigenvalue weighted by atomic mass is 10.0. The van der Waals surface area contributed by atoms with Gasteiger partial charge in [0.05, 0.1) is 18.0 Å². The highest BCUT2D eigenvalue weighted by molar-refractivity contribution is 7.88. The molecule has 1 amide bonds. The number of piperidine rings is 1. The van der Waals surface area contributed by atoms with E-state index in [9.17, 15) is 13.2 Å². The SMILES string of the molecule is C=C(C)N[C@H]1CCN(S(C)(=O)=O)C[C@H]1NC(=O)c1nc2c(s1)CN(C)CC2. The van der Waals surface area contributed by atoms with Crippen molar-refractivity contribution in [3.63, 3.8) is 0 Å². The van der Waals surface area contributed by atoms with Crippen LogP contribution in [-0.4, -0.2) is 73.5 Å². The third-order valence-electron chi connectivity index (χ3n) is 4.91. The fourth-order valence-electron chi connectivity index (χ4n) is 3.51. The van der Waals surface area contributed by atoms with E-state index in [4.69, 9.17) is 0 Å². The normalized spacial score (nSPS) is 24.3. The Morgan fingerprint density at radius 2 is 2.04 bits per heavy atom. The molecule has 0 unspecified atom stereocenters. The number of thiazole rings is 1. The third-order valence-corrected chi connectivity index (χ3v) is 7.26. The van der Waals surface area contributed by atoms with Crippen molar-refractivity contribution in [3.8, 4) is 0 Å². The lowest BCUT2D eigenvalue weighted by molar-refractivity contribution is 0.0907. The van der Waals surface area contributed by atoms with Gasteiger partial charge in [-0.3, -0.25) is 4.79 Å². The van der Waals surface area contributed by atoms with E-state index in [-0.39, 0.29) is 24.5 Å². The smallest absolute Gasteiger partial charge is 0.280 e. The molecule has 150 valence electrons. The Bertz CT molecular complexity index is 836. The number of nitrogens with one attached hydrogen (secondary N) is 2. The number of rotatable bonds is 5. The molecule has 1 aromatic heterocycles. The molecule has 0 bridgehead atoms. The van der Waals surface area contributed by atoms with Gasteiger partial charge in [0.2, 0.25) is 10.0 Å². The molecule has 2 aliphatic rings. The van der Waals surface area contributed by atoms with Crippen molar-refractivity contribution in [2.24, 2.45) is 0 Å². The quantitative estimate of drug-likeness (QED) is 0.725. The van der Waals surface area contributed by atoms with Crippen LogP contribution >= 0.6 is 11.3 Å². The molecule has 0 radical (unpaired) electrons. The number of sulfonamides is 1. The molecule has 8 nitrogen and oxygen atoms in total. The summed E-state index contributed by atoms with van der Waals surface area (Å²) in [6.07, 6.45) is 2.65. The standard InChI is InChI=1S/C17H27N5O3S2/c1-11(2)18-12-6-8-22(27(4,24)25)9-14(12)19-16(23)17-20-13-5-7-21(3)10-15(13)26-17/h12,14,18H,1,5-10H2,2-4H3,(H,19,23)/t12-,14+/m0/s1. The summed E-state index contributed by atoms with van der Waals surface area (Å²) >= 11 is 1.42. The molecule has 0 aliphatic carbocycles. The number of carbonyl (C=O) groups is 1. The predicted octanol–water partition coefficient (Wildman–Crippen LogP) is 0.387. The van der Waals surface area contributed by atoms with Crippen molar-refractivity contribution in [1.82, 2.24) is 24.8 Å². The number of likely N-dealkylation sites (N-methyl/N-ethyl adjacent to an activating group) is 1. The summed E-state index contributed by atoms with van der Waals surface area (Å²) in [4.78, 5) is 20.7. The molecule has 3 heterocycles. The number of hydrogen-bond donors (Lipinski definition) is 2. The molecule has 0 aromatic carbocycles. The van der Waals surface area contributed by atoms with E-state index < -0.39 is 10.0 Å². The van der Waals surface area contributed by atoms with E-state index in [0.29, 0.717) is 18.0 Å². The van der Waals surface area contributed by atoms with Crippen molar-refractivity contribution in [2.75, 3.05) is 32.9 Å². The van der Waals surface area contributed by atoms with Crippen molar-refractivity contribution in [1.29, 1.82) is 0 Å². The molecule has 1 saturated heterocycles. The summed E-state index contributed by atoms with van der Waals surface area (Å²) in [5.41, 5.74) is 1.79. The zero-order valence-electron chi connectivity index (χ0n) is 16.0. The van der Waals surface area contributed by atoms with Gasteiger partial charge in [0.15, 0.2) is 5.01 Å². The van der Waals surface area contributed by atoms with Gasteiger partial charge >= 0.3 is 0 Å². The Balaban J connectivity index is 1.75. The number of hydrogen-bond acceptors (Lipinski definition) is 7. The third kappa shape index (κ3) is 4.87. The molecule has 27 heavy (non-hydrogen) atoms. The first kappa shape index (κ1) is 20.2. The molecule has 2 N–H and O–H groups in total. The van der Waals surface area contributed by atoms with Crippen LogP contribution in [0.2, 0.25) is 0 Å². The number of aromatic nitrogens is 1. The minimum Gasteiger partial charge on any atom is -0.384 e. The number of amides is 1. The number of allylic oxidation sites excluding steroid dienone is 1. The minimum absolute atomic E-state index is 0.0647. The highest BCUT2D eigenvalue weighted by atomic mass is 32.2. The van der Waals surface area contributed by atoms with Crippen molar-refractivity contribution >= 4 is 27.3 Å². The summed E-state index contributed by atoms with van der Waals surface area (Å²) in [5, 5.41) is 6.70. The Kier molecular flexibility index (Phi) is 5.90. The van der Waals surface area contributed by atoms with Gasteiger partial charge in [0.1, 0.15) is 0 Å². The summed E-state index contributed by atoms with van der Waals surface area (Å²) in [6, 6.07) is -0.411. The zero-order chi connectivity index (χ0) is 19.8. The van der Waals surface area contributed by atoms with Crippen LogP contribution in [0.1, 0.15) is 33.7 Å². The van der Waals surface area contributed by atoms with Crippen molar-refractivity contribution in [2.45, 2.75) is 38.4 Å². The molecular weight excluding hydrogens is 386 g/mol. The van der Waals surface area contributed by atoms with Crippen LogP contribution in [0.4, 0.5) is 0 Å². The summed E-state index contributed by atoms with van der Waals surface area (Å²) in [7, 11) is -1.25. The largest absolute Gasteiger partial charge is 0.384 e. The molecule has 0 spiro atoms. The van der Waals surface area contributed by atoms with Gasteiger partial charge < -0.3 is 15.5 Å². The van der Waals surface area contributed by atoms with Gasteiger partial charge in [0, 0.05) is 49.2 Å². The van der Waals surface area contributed by atoms with Crippen LogP contribution in [0.25, 0.3) is 0 Å². The van der Waals surface area contributed by atoms with E-state index in [1.807, 2.05) is 6.92 Å². The highest BCUT2D eigenvalue weighted by Crippen LogP contribution is 2.25. The van der Waals surface area contributed by atoms with Gasteiger partial charge in [-0.15, -0.1) is 11.3 Å². The van der Waals surface area contributed by atoms with Gasteiger partial charge in [-0.2, -0.15) is 4.31 Å². The number of nitrogens with zero attached hydrogens (tertiary/aromatic N) is 3.